The summed E-state index contributed by atoms with van der Waals surface area (Å²) in [5, 5.41) is 0. The van der Waals surface area contributed by atoms with E-state index in [0.717, 1.165) is 18.2 Å². The van der Waals surface area contributed by atoms with E-state index in [-0.39, 0.29) is 24.4 Å². The highest BCUT2D eigenvalue weighted by atomic mass is 19.1. The van der Waals surface area contributed by atoms with Crippen LogP contribution in [0.4, 0.5) is 8.78 Å². The molecule has 0 radical (unpaired) electrons. The number of hydrogen-bond donors (Lipinski definition) is 0. The number of carbonyl (C=O) groups excluding carboxylic acids is 2. The molecule has 0 aliphatic carbocycles. The van der Waals surface area contributed by atoms with Crippen molar-refractivity contribution in [2.75, 3.05) is 26.2 Å². The Morgan fingerprint density at radius 1 is 1.23 bits per heavy atom. The minimum absolute atomic E-state index is 0.0104. The zero-order valence-corrected chi connectivity index (χ0v) is 12.8. The number of rotatable bonds is 3. The van der Waals surface area contributed by atoms with Crippen molar-refractivity contribution in [2.45, 2.75) is 20.3 Å². The van der Waals surface area contributed by atoms with E-state index in [0.29, 0.717) is 25.6 Å². The SMILES string of the molecule is CC(C)CN1CCN(C(=O)c2cc(F)ccc2F)CCC1=O. The van der Waals surface area contributed by atoms with E-state index >= 15 is 0 Å². The summed E-state index contributed by atoms with van der Waals surface area (Å²) in [7, 11) is 0. The smallest absolute Gasteiger partial charge is 0.257 e. The molecule has 22 heavy (non-hydrogen) atoms. The van der Waals surface area contributed by atoms with Crippen LogP contribution in [-0.2, 0) is 4.79 Å². The third-order valence-electron chi connectivity index (χ3n) is 3.62. The topological polar surface area (TPSA) is 40.6 Å². The number of amides is 2. The molecule has 0 bridgehead atoms. The highest BCUT2D eigenvalue weighted by molar-refractivity contribution is 5.95. The monoisotopic (exact) mass is 310 g/mol. The van der Waals surface area contributed by atoms with Crippen LogP contribution in [0.25, 0.3) is 0 Å². The Hall–Kier alpha value is -1.98. The normalized spacial score (nSPS) is 16.1. The van der Waals surface area contributed by atoms with Crippen LogP contribution in [0.3, 0.4) is 0 Å². The summed E-state index contributed by atoms with van der Waals surface area (Å²) in [5.74, 6) is -1.65. The van der Waals surface area contributed by atoms with E-state index in [1.165, 1.54) is 4.90 Å². The second-order valence-corrected chi connectivity index (χ2v) is 5.90. The summed E-state index contributed by atoms with van der Waals surface area (Å²) >= 11 is 0. The molecule has 2 amide bonds. The zero-order chi connectivity index (χ0) is 16.3. The second kappa shape index (κ2) is 6.85. The van der Waals surface area contributed by atoms with Crippen LogP contribution in [-0.4, -0.2) is 47.8 Å². The molecular weight excluding hydrogens is 290 g/mol. The molecule has 1 aliphatic heterocycles. The molecule has 6 heteroatoms. The lowest BCUT2D eigenvalue weighted by molar-refractivity contribution is -0.130. The maximum absolute atomic E-state index is 13.7. The number of carbonyl (C=O) groups is 2. The maximum Gasteiger partial charge on any atom is 0.257 e. The van der Waals surface area contributed by atoms with Gasteiger partial charge in [-0.25, -0.2) is 8.78 Å². The summed E-state index contributed by atoms with van der Waals surface area (Å²) in [6, 6.07) is 2.81. The Kier molecular flexibility index (Phi) is 5.11. The molecule has 120 valence electrons. The van der Waals surface area contributed by atoms with Crippen LogP contribution in [0.2, 0.25) is 0 Å². The van der Waals surface area contributed by atoms with Crippen LogP contribution >= 0.6 is 0 Å². The maximum atomic E-state index is 13.7. The molecular formula is C16H20F2N2O2. The van der Waals surface area contributed by atoms with Crippen LogP contribution in [0.1, 0.15) is 30.6 Å². The highest BCUT2D eigenvalue weighted by Crippen LogP contribution is 2.15. The van der Waals surface area contributed by atoms with Gasteiger partial charge in [-0.1, -0.05) is 13.8 Å². The second-order valence-electron chi connectivity index (χ2n) is 5.90. The quantitative estimate of drug-likeness (QED) is 0.859. The Bertz CT molecular complexity index is 575. The summed E-state index contributed by atoms with van der Waals surface area (Å²) in [5.41, 5.74) is -0.287. The summed E-state index contributed by atoms with van der Waals surface area (Å²) in [4.78, 5) is 27.5. The molecule has 2 rings (SSSR count). The molecule has 1 saturated heterocycles. The number of nitrogens with zero attached hydrogens (tertiary/aromatic N) is 2. The Morgan fingerprint density at radius 2 is 1.95 bits per heavy atom. The standard InChI is InChI=1S/C16H20F2N2O2/c1-11(2)10-20-8-7-19(6-5-15(20)21)16(22)13-9-12(17)3-4-14(13)18/h3-4,9,11H,5-8,10H2,1-2H3. The summed E-state index contributed by atoms with van der Waals surface area (Å²) < 4.78 is 26.9. The Labute approximate surface area is 128 Å². The fourth-order valence-electron chi connectivity index (χ4n) is 2.54. The lowest BCUT2D eigenvalue weighted by Crippen LogP contribution is -2.37. The summed E-state index contributed by atoms with van der Waals surface area (Å²) in [6.07, 6.45) is 0.204. The van der Waals surface area contributed by atoms with Gasteiger partial charge < -0.3 is 9.80 Å². The summed E-state index contributed by atoms with van der Waals surface area (Å²) in [6.45, 7) is 5.64. The molecule has 1 heterocycles. The minimum atomic E-state index is -0.749. The number of halogens is 2. The molecule has 4 nitrogen and oxygen atoms in total. The van der Waals surface area contributed by atoms with Crippen LogP contribution < -0.4 is 0 Å². The molecule has 0 atom stereocenters. The van der Waals surface area contributed by atoms with Gasteiger partial charge in [-0.05, 0) is 24.1 Å². The zero-order valence-electron chi connectivity index (χ0n) is 12.8. The molecule has 0 aromatic heterocycles. The van der Waals surface area contributed by atoms with Gasteiger partial charge in [0.15, 0.2) is 0 Å². The molecule has 1 aromatic rings. The molecule has 1 aliphatic rings. The van der Waals surface area contributed by atoms with Crippen molar-refractivity contribution in [3.63, 3.8) is 0 Å². The average molecular weight is 310 g/mol. The van der Waals surface area contributed by atoms with E-state index in [2.05, 4.69) is 0 Å². The lowest BCUT2D eigenvalue weighted by atomic mass is 10.1. The molecule has 1 fully saturated rings. The number of hydrogen-bond acceptors (Lipinski definition) is 2. The van der Waals surface area contributed by atoms with Gasteiger partial charge in [0.05, 0.1) is 5.56 Å². The van der Waals surface area contributed by atoms with Gasteiger partial charge in [0, 0.05) is 32.6 Å². The van der Waals surface area contributed by atoms with E-state index in [1.54, 1.807) is 4.90 Å². The molecule has 1 aromatic carbocycles. The van der Waals surface area contributed by atoms with Crippen molar-refractivity contribution in [3.8, 4) is 0 Å². The van der Waals surface area contributed by atoms with Gasteiger partial charge in [-0.2, -0.15) is 0 Å². The van der Waals surface area contributed by atoms with Crippen LogP contribution in [0, 0.1) is 17.6 Å². The van der Waals surface area contributed by atoms with Crippen LogP contribution in [0.15, 0.2) is 18.2 Å². The molecule has 0 spiro atoms. The van der Waals surface area contributed by atoms with Crippen LogP contribution in [0.5, 0.6) is 0 Å². The molecule has 0 saturated carbocycles. The predicted molar refractivity (Wildman–Crippen MR) is 78.3 cm³/mol. The van der Waals surface area contributed by atoms with E-state index < -0.39 is 17.5 Å². The van der Waals surface area contributed by atoms with E-state index in [1.807, 2.05) is 13.8 Å². The highest BCUT2D eigenvalue weighted by Gasteiger charge is 2.26. The van der Waals surface area contributed by atoms with Crippen molar-refractivity contribution in [3.05, 3.63) is 35.4 Å². The number of benzene rings is 1. The fourth-order valence-corrected chi connectivity index (χ4v) is 2.54. The van der Waals surface area contributed by atoms with Gasteiger partial charge >= 0.3 is 0 Å². The minimum Gasteiger partial charge on any atom is -0.341 e. The first-order valence-electron chi connectivity index (χ1n) is 7.40. The van der Waals surface area contributed by atoms with Gasteiger partial charge in [0.25, 0.3) is 5.91 Å². The van der Waals surface area contributed by atoms with Gasteiger partial charge in [0.2, 0.25) is 5.91 Å². The Morgan fingerprint density at radius 3 is 2.64 bits per heavy atom. The predicted octanol–water partition coefficient (Wildman–Crippen LogP) is 2.30. The average Bonchev–Trinajstić information content (AvgIpc) is 2.63. The van der Waals surface area contributed by atoms with E-state index in [9.17, 15) is 18.4 Å². The van der Waals surface area contributed by atoms with Crippen molar-refractivity contribution in [1.82, 2.24) is 9.80 Å². The first kappa shape index (κ1) is 16.4. The van der Waals surface area contributed by atoms with Crippen molar-refractivity contribution in [1.29, 1.82) is 0 Å². The molecule has 0 unspecified atom stereocenters. The first-order chi connectivity index (χ1) is 10.4. The van der Waals surface area contributed by atoms with E-state index in [4.69, 9.17) is 0 Å². The lowest BCUT2D eigenvalue weighted by Gasteiger charge is -2.23. The van der Waals surface area contributed by atoms with Gasteiger partial charge in [0.1, 0.15) is 11.6 Å². The Balaban J connectivity index is 2.11. The van der Waals surface area contributed by atoms with Crippen molar-refractivity contribution >= 4 is 11.8 Å². The third-order valence-corrected chi connectivity index (χ3v) is 3.62. The molecule has 0 N–H and O–H groups in total. The first-order valence-corrected chi connectivity index (χ1v) is 7.40. The largest absolute Gasteiger partial charge is 0.341 e. The van der Waals surface area contributed by atoms with Crippen molar-refractivity contribution < 1.29 is 18.4 Å². The van der Waals surface area contributed by atoms with Gasteiger partial charge in [-0.15, -0.1) is 0 Å². The fraction of sp³-hybridized carbons (Fsp3) is 0.500. The van der Waals surface area contributed by atoms with Crippen molar-refractivity contribution in [2.24, 2.45) is 5.92 Å². The van der Waals surface area contributed by atoms with Gasteiger partial charge in [-0.3, -0.25) is 9.59 Å². The third kappa shape index (κ3) is 3.81.